The molecule has 1 heterocycles. The second kappa shape index (κ2) is 8.77. The average Bonchev–Trinajstić information content (AvgIpc) is 3.24. The molecule has 0 aliphatic rings. The van der Waals surface area contributed by atoms with Crippen molar-refractivity contribution >= 4 is 51.5 Å². The molecule has 5 aromatic rings. The van der Waals surface area contributed by atoms with Gasteiger partial charge in [0.15, 0.2) is 11.6 Å². The lowest BCUT2D eigenvalue weighted by atomic mass is 10.2. The summed E-state index contributed by atoms with van der Waals surface area (Å²) >= 11 is 8.57. The summed E-state index contributed by atoms with van der Waals surface area (Å²) in [7, 11) is -2.28. The molecule has 0 aliphatic carbocycles. The van der Waals surface area contributed by atoms with Crippen LogP contribution in [0.2, 0.25) is 4.34 Å². The molecule has 0 aliphatic heterocycles. The smallest absolute Gasteiger partial charge is 0.199 e. The van der Waals surface area contributed by atoms with Crippen LogP contribution in [0.3, 0.4) is 0 Å². The van der Waals surface area contributed by atoms with E-state index in [-0.39, 0.29) is 0 Å². The first-order valence-electron chi connectivity index (χ1n) is 10.1. The maximum absolute atomic E-state index is 7.01. The molecule has 0 saturated carbocycles. The normalized spacial score (nSPS) is 11.4. The Labute approximate surface area is 192 Å². The van der Waals surface area contributed by atoms with Crippen molar-refractivity contribution in [3.63, 3.8) is 0 Å². The molecule has 0 bridgehead atoms. The molecule has 5 rings (SSSR count). The third-order valence-electron chi connectivity index (χ3n) is 5.34. The van der Waals surface area contributed by atoms with Crippen molar-refractivity contribution in [2.75, 3.05) is 0 Å². The van der Waals surface area contributed by atoms with E-state index in [1.165, 1.54) is 15.9 Å². The van der Waals surface area contributed by atoms with E-state index in [9.17, 15) is 0 Å². The van der Waals surface area contributed by atoms with Gasteiger partial charge in [0.05, 0.1) is 0 Å². The van der Waals surface area contributed by atoms with E-state index < -0.39 is 7.26 Å². The Morgan fingerprint density at radius 3 is 1.35 bits per heavy atom. The Balaban J connectivity index is 1.87. The van der Waals surface area contributed by atoms with Crippen LogP contribution >= 0.6 is 30.2 Å². The highest BCUT2D eigenvalue weighted by molar-refractivity contribution is 8.01. The van der Waals surface area contributed by atoms with Crippen LogP contribution in [-0.2, 0) is 0 Å². The number of halogens is 1. The highest BCUT2D eigenvalue weighted by Crippen LogP contribution is 2.56. The zero-order valence-electron chi connectivity index (χ0n) is 16.7. The Morgan fingerprint density at radius 2 is 0.935 bits per heavy atom. The van der Waals surface area contributed by atoms with Gasteiger partial charge >= 0.3 is 0 Å². The Morgan fingerprint density at radius 1 is 0.548 bits per heavy atom. The van der Waals surface area contributed by atoms with Gasteiger partial charge in [-0.25, -0.2) is 0 Å². The summed E-state index contributed by atoms with van der Waals surface area (Å²) in [4.78, 5) is 5.22. The van der Waals surface area contributed by atoms with Crippen LogP contribution in [-0.4, -0.2) is 4.98 Å². The van der Waals surface area contributed by atoms with Crippen LogP contribution in [0.5, 0.6) is 0 Å². The van der Waals surface area contributed by atoms with Gasteiger partial charge in [-0.15, -0.1) is 0 Å². The predicted octanol–water partition coefficient (Wildman–Crippen LogP) is 6.08. The van der Waals surface area contributed by atoms with Gasteiger partial charge in [0.1, 0.15) is 20.9 Å². The number of hydrogen-bond acceptors (Lipinski definition) is 2. The van der Waals surface area contributed by atoms with E-state index in [0.29, 0.717) is 0 Å². The van der Waals surface area contributed by atoms with Gasteiger partial charge in [0, 0.05) is 5.56 Å². The fourth-order valence-corrected chi connectivity index (χ4v) is 9.93. The van der Waals surface area contributed by atoms with Gasteiger partial charge in [0.2, 0.25) is 5.44 Å². The topological polar surface area (TPSA) is 12.9 Å². The van der Waals surface area contributed by atoms with Gasteiger partial charge < -0.3 is 0 Å². The van der Waals surface area contributed by atoms with Crippen LogP contribution in [0.4, 0.5) is 0 Å². The van der Waals surface area contributed by atoms with Crippen molar-refractivity contribution in [2.24, 2.45) is 0 Å². The maximum atomic E-state index is 7.01. The SMILES string of the molecule is Clc1sc(-c2ccccc2)nc1[P+](c1ccccc1)(c1ccccc1)c1ccccc1. The average molecular weight is 457 g/mol. The lowest BCUT2D eigenvalue weighted by Gasteiger charge is -2.25. The third-order valence-corrected chi connectivity index (χ3v) is 11.1. The minimum Gasteiger partial charge on any atom is -0.199 e. The Bertz CT molecular complexity index is 1180. The molecule has 4 heteroatoms. The van der Waals surface area contributed by atoms with Crippen LogP contribution in [0.1, 0.15) is 0 Å². The quantitative estimate of drug-likeness (QED) is 0.292. The zero-order chi connectivity index (χ0) is 21.1. The monoisotopic (exact) mass is 456 g/mol. The van der Waals surface area contributed by atoms with Gasteiger partial charge in [0.25, 0.3) is 0 Å². The zero-order valence-corrected chi connectivity index (χ0v) is 19.2. The first kappa shape index (κ1) is 20.2. The van der Waals surface area contributed by atoms with Gasteiger partial charge in [-0.3, -0.25) is 0 Å². The molecular weight excluding hydrogens is 437 g/mol. The highest BCUT2D eigenvalue weighted by Gasteiger charge is 2.51. The summed E-state index contributed by atoms with van der Waals surface area (Å²) in [6, 6.07) is 42.4. The first-order chi connectivity index (χ1) is 15.3. The number of hydrogen-bond donors (Lipinski definition) is 0. The van der Waals surface area contributed by atoms with Crippen LogP contribution in [0.25, 0.3) is 10.6 Å². The molecule has 0 saturated heterocycles. The molecule has 0 atom stereocenters. The second-order valence-corrected chi connectivity index (χ2v) is 12.1. The predicted molar refractivity (Wildman–Crippen MR) is 137 cm³/mol. The van der Waals surface area contributed by atoms with Crippen molar-refractivity contribution in [3.8, 4) is 10.6 Å². The molecule has 1 nitrogen and oxygen atoms in total. The lowest BCUT2D eigenvalue weighted by Crippen LogP contribution is -2.39. The molecule has 0 radical (unpaired) electrons. The number of aromatic nitrogens is 1. The minimum absolute atomic E-state index is 0.753. The fourth-order valence-electron chi connectivity index (χ4n) is 3.97. The molecule has 150 valence electrons. The minimum atomic E-state index is -2.28. The van der Waals surface area contributed by atoms with Crippen molar-refractivity contribution in [1.82, 2.24) is 4.98 Å². The van der Waals surface area contributed by atoms with Crippen LogP contribution in [0.15, 0.2) is 121 Å². The molecule has 0 fully saturated rings. The Hall–Kier alpha value is -2.77. The van der Waals surface area contributed by atoms with Gasteiger partial charge in [-0.2, -0.15) is 4.98 Å². The summed E-state index contributed by atoms with van der Waals surface area (Å²) in [5.41, 5.74) is 2.06. The second-order valence-electron chi connectivity index (χ2n) is 7.16. The number of rotatable bonds is 5. The Kier molecular flexibility index (Phi) is 5.70. The largest absolute Gasteiger partial charge is 0.228 e. The highest BCUT2D eigenvalue weighted by atomic mass is 35.5. The molecule has 0 N–H and O–H groups in total. The summed E-state index contributed by atoms with van der Waals surface area (Å²) < 4.78 is 0.753. The van der Waals surface area contributed by atoms with E-state index in [1.807, 2.05) is 18.2 Å². The van der Waals surface area contributed by atoms with E-state index in [0.717, 1.165) is 20.3 Å². The number of thiazole rings is 1. The summed E-state index contributed by atoms with van der Waals surface area (Å²) in [6.07, 6.45) is 0. The van der Waals surface area contributed by atoms with Crippen molar-refractivity contribution in [1.29, 1.82) is 0 Å². The van der Waals surface area contributed by atoms with Crippen LogP contribution in [0, 0.1) is 0 Å². The number of nitrogens with zero attached hydrogens (tertiary/aromatic N) is 1. The molecule has 0 amide bonds. The van der Waals surface area contributed by atoms with Crippen LogP contribution < -0.4 is 21.3 Å². The fraction of sp³-hybridized carbons (Fsp3) is 0. The molecule has 0 unspecified atom stereocenters. The van der Waals surface area contributed by atoms with E-state index in [4.69, 9.17) is 16.6 Å². The molecular formula is C27H20ClNPS+. The molecule has 1 aromatic heterocycles. The lowest BCUT2D eigenvalue weighted by molar-refractivity contribution is 1.46. The van der Waals surface area contributed by atoms with E-state index in [1.54, 1.807) is 11.3 Å². The standard InChI is InChI=1S/C27H20ClNPS/c28-25-26(29-27(31-25)21-13-5-1-6-14-21)30(22-15-7-2-8-16-22,23-17-9-3-10-18-23)24-19-11-4-12-20-24/h1-20H/q+1. The third kappa shape index (κ3) is 3.62. The summed E-state index contributed by atoms with van der Waals surface area (Å²) in [6.45, 7) is 0. The van der Waals surface area contributed by atoms with E-state index >= 15 is 0 Å². The maximum Gasteiger partial charge on any atom is 0.228 e. The van der Waals surface area contributed by atoms with Gasteiger partial charge in [-0.05, 0) is 36.4 Å². The number of benzene rings is 4. The van der Waals surface area contributed by atoms with Crippen molar-refractivity contribution in [3.05, 3.63) is 126 Å². The molecule has 4 aromatic carbocycles. The van der Waals surface area contributed by atoms with Crippen molar-refractivity contribution in [2.45, 2.75) is 0 Å². The van der Waals surface area contributed by atoms with Gasteiger partial charge in [-0.1, -0.05) is 108 Å². The summed E-state index contributed by atoms with van der Waals surface area (Å²) in [5, 5.41) is 4.70. The molecule has 0 spiro atoms. The summed E-state index contributed by atoms with van der Waals surface area (Å²) in [5.74, 6) is 0. The van der Waals surface area contributed by atoms with Crippen molar-refractivity contribution < 1.29 is 0 Å². The first-order valence-corrected chi connectivity index (χ1v) is 13.1. The van der Waals surface area contributed by atoms with E-state index in [2.05, 4.69) is 103 Å². The molecule has 31 heavy (non-hydrogen) atoms.